The molecule has 7 nitrogen and oxygen atoms in total. The van der Waals surface area contributed by atoms with Crippen LogP contribution in [0.3, 0.4) is 0 Å². The van der Waals surface area contributed by atoms with Gasteiger partial charge in [-0.15, -0.1) is 0 Å². The van der Waals surface area contributed by atoms with Crippen molar-refractivity contribution < 1.29 is 24.5 Å². The summed E-state index contributed by atoms with van der Waals surface area (Å²) in [6.45, 7) is 2.94. The molecule has 1 aliphatic heterocycles. The van der Waals surface area contributed by atoms with Crippen molar-refractivity contribution in [3.8, 4) is 11.5 Å². The quantitative estimate of drug-likeness (QED) is 0.371. The van der Waals surface area contributed by atoms with Crippen molar-refractivity contribution >= 4 is 34.5 Å². The molecule has 8 heteroatoms. The summed E-state index contributed by atoms with van der Waals surface area (Å²) >= 11 is 1.16. The molecule has 0 bridgehead atoms. The molecular formula is C24H26N2O5S. The van der Waals surface area contributed by atoms with E-state index in [0.717, 1.165) is 24.6 Å². The fourth-order valence-electron chi connectivity index (χ4n) is 2.94. The largest absolute Gasteiger partial charge is 0.506 e. The molecule has 32 heavy (non-hydrogen) atoms. The summed E-state index contributed by atoms with van der Waals surface area (Å²) in [7, 11) is 0. The van der Waals surface area contributed by atoms with E-state index in [1.165, 1.54) is 6.07 Å². The fraction of sp³-hybridized carbons (Fsp3) is 0.250. The number of phenols is 1. The van der Waals surface area contributed by atoms with Crippen LogP contribution < -0.4 is 10.5 Å². The number of aromatic hydroxyl groups is 1. The molecule has 0 atom stereocenters. The van der Waals surface area contributed by atoms with Gasteiger partial charge in [-0.25, -0.2) is 9.79 Å². The van der Waals surface area contributed by atoms with Gasteiger partial charge in [-0.05, 0) is 62.2 Å². The molecule has 168 valence electrons. The zero-order chi connectivity index (χ0) is 22.9. The van der Waals surface area contributed by atoms with E-state index in [2.05, 4.69) is 4.99 Å². The maximum absolute atomic E-state index is 12.5. The molecule has 0 saturated carbocycles. The minimum Gasteiger partial charge on any atom is -0.506 e. The molecule has 0 spiro atoms. The monoisotopic (exact) mass is 454 g/mol. The molecule has 4 N–H and O–H groups in total. The molecular weight excluding hydrogens is 428 g/mol. The van der Waals surface area contributed by atoms with E-state index >= 15 is 0 Å². The molecule has 3 rings (SSSR count). The van der Waals surface area contributed by atoms with Crippen molar-refractivity contribution in [1.29, 1.82) is 0 Å². The maximum Gasteiger partial charge on any atom is 0.344 e. The van der Waals surface area contributed by atoms with E-state index in [0.29, 0.717) is 40.1 Å². The lowest BCUT2D eigenvalue weighted by atomic mass is 10.1. The number of benzene rings is 2. The Balaban J connectivity index is 1.87. The number of aliphatic hydroxyl groups excluding tert-OH is 1. The second-order valence-corrected chi connectivity index (χ2v) is 7.91. The normalized spacial score (nSPS) is 16.1. The van der Waals surface area contributed by atoms with Crippen molar-refractivity contribution in [2.75, 3.05) is 19.8 Å². The van der Waals surface area contributed by atoms with Gasteiger partial charge < -0.3 is 25.4 Å². The number of carbonyl (C=O) groups is 1. The first kappa shape index (κ1) is 23.4. The van der Waals surface area contributed by atoms with Crippen molar-refractivity contribution in [2.45, 2.75) is 19.8 Å². The van der Waals surface area contributed by atoms with Crippen molar-refractivity contribution in [1.82, 2.24) is 0 Å². The Kier molecular flexibility index (Phi) is 8.35. The summed E-state index contributed by atoms with van der Waals surface area (Å²) in [4.78, 5) is 17.4. The molecule has 0 fully saturated rings. The molecule has 0 amide bonds. The van der Waals surface area contributed by atoms with E-state index in [1.54, 1.807) is 37.3 Å². The summed E-state index contributed by atoms with van der Waals surface area (Å²) in [5, 5.41) is 21.4. The number of carbonyl (C=O) groups excluding carboxylic acids is 1. The highest BCUT2D eigenvalue weighted by Gasteiger charge is 2.33. The third kappa shape index (κ3) is 5.93. The fourth-order valence-corrected chi connectivity index (χ4v) is 3.97. The first-order valence-electron chi connectivity index (χ1n) is 10.3. The second-order valence-electron chi connectivity index (χ2n) is 6.88. The summed E-state index contributed by atoms with van der Waals surface area (Å²) in [6.07, 6.45) is 3.32. The third-order valence-corrected chi connectivity index (χ3v) is 5.51. The van der Waals surface area contributed by atoms with Crippen molar-refractivity contribution in [3.05, 3.63) is 70.3 Å². The number of ether oxygens (including phenoxy) is 2. The maximum atomic E-state index is 12.5. The minimum atomic E-state index is -0.639. The van der Waals surface area contributed by atoms with Gasteiger partial charge in [0.05, 0.1) is 23.8 Å². The average molecular weight is 455 g/mol. The summed E-state index contributed by atoms with van der Waals surface area (Å²) in [6, 6.07) is 14.1. The number of aliphatic imine (C=N–C) groups is 1. The van der Waals surface area contributed by atoms with Crippen LogP contribution in [-0.2, 0) is 9.53 Å². The predicted molar refractivity (Wildman–Crippen MR) is 127 cm³/mol. The van der Waals surface area contributed by atoms with Gasteiger partial charge in [0, 0.05) is 0 Å². The summed E-state index contributed by atoms with van der Waals surface area (Å²) < 4.78 is 10.7. The summed E-state index contributed by atoms with van der Waals surface area (Å²) in [5.74, 6) is -0.478. The Bertz CT molecular complexity index is 1050. The number of thioether (sulfide) groups is 1. The molecule has 0 aromatic heterocycles. The van der Waals surface area contributed by atoms with Crippen LogP contribution in [0.25, 0.3) is 6.08 Å². The van der Waals surface area contributed by atoms with E-state index < -0.39 is 5.97 Å². The minimum absolute atomic E-state index is 0.0117. The van der Waals surface area contributed by atoms with Crippen LogP contribution in [0.1, 0.15) is 25.3 Å². The van der Waals surface area contributed by atoms with Gasteiger partial charge in [0.25, 0.3) is 0 Å². The molecule has 0 aliphatic carbocycles. The van der Waals surface area contributed by atoms with Crippen LogP contribution in [-0.4, -0.2) is 41.0 Å². The number of aliphatic hydroxyl groups is 1. The number of nitrogens with zero attached hydrogens (tertiary/aromatic N) is 1. The number of esters is 1. The van der Waals surface area contributed by atoms with Crippen LogP contribution >= 0.6 is 11.8 Å². The second kappa shape index (κ2) is 11.4. The number of rotatable bonds is 9. The number of phenolic OH excluding ortho intramolecular Hbond substituents is 1. The Labute approximate surface area is 191 Å². The molecule has 0 unspecified atom stereocenters. The van der Waals surface area contributed by atoms with Crippen LogP contribution in [0.15, 0.2) is 69.8 Å². The number of unbranched alkanes of at least 4 members (excludes halogenated alkanes) is 1. The number of nitrogens with two attached hydrogens (primary N) is 1. The number of para-hydroxylation sites is 1. The first-order chi connectivity index (χ1) is 15.5. The lowest BCUT2D eigenvalue weighted by Gasteiger charge is -2.08. The zero-order valence-corrected chi connectivity index (χ0v) is 18.6. The molecule has 0 saturated heterocycles. The Morgan fingerprint density at radius 2 is 1.94 bits per heavy atom. The standard InChI is InChI=1S/C24H26N2O5S/c1-2-30-24(29)21-22(28)20(32-23(21)26-17-8-4-3-5-9-17)15-16-10-11-19(18(27)14-16)31-13-7-6-12-25/h3-5,8-11,14-15,27-28H,2,6-7,12-13,25H2,1H3/b20-15-,26-23?. The van der Waals surface area contributed by atoms with Gasteiger partial charge in [-0.1, -0.05) is 36.0 Å². The van der Waals surface area contributed by atoms with Crippen LogP contribution in [0.2, 0.25) is 0 Å². The zero-order valence-electron chi connectivity index (χ0n) is 17.8. The van der Waals surface area contributed by atoms with Crippen molar-refractivity contribution in [2.24, 2.45) is 10.7 Å². The molecule has 2 aromatic carbocycles. The van der Waals surface area contributed by atoms with Gasteiger partial charge >= 0.3 is 5.97 Å². The number of hydrogen-bond donors (Lipinski definition) is 3. The Hall–Kier alpha value is -3.23. The average Bonchev–Trinajstić information content (AvgIpc) is 3.08. The van der Waals surface area contributed by atoms with Crippen LogP contribution in [0.4, 0.5) is 5.69 Å². The van der Waals surface area contributed by atoms with Gasteiger partial charge in [0.1, 0.15) is 16.4 Å². The van der Waals surface area contributed by atoms with Crippen molar-refractivity contribution in [3.63, 3.8) is 0 Å². The molecule has 1 aliphatic rings. The van der Waals surface area contributed by atoms with Crippen LogP contribution in [0.5, 0.6) is 11.5 Å². The molecule has 0 radical (unpaired) electrons. The Morgan fingerprint density at radius 3 is 2.62 bits per heavy atom. The highest BCUT2D eigenvalue weighted by Crippen LogP contribution is 2.40. The SMILES string of the molecule is CCOC(=O)C1=C(O)/C(=C/c2ccc(OCCCCN)c(O)c2)SC1=Nc1ccccc1. The van der Waals surface area contributed by atoms with Crippen LogP contribution in [0, 0.1) is 0 Å². The first-order valence-corrected chi connectivity index (χ1v) is 11.2. The van der Waals surface area contributed by atoms with Gasteiger partial charge in [-0.3, -0.25) is 0 Å². The summed E-state index contributed by atoms with van der Waals surface area (Å²) in [5.41, 5.74) is 6.78. The lowest BCUT2D eigenvalue weighted by molar-refractivity contribution is -0.138. The third-order valence-electron chi connectivity index (χ3n) is 4.49. The molecule has 1 heterocycles. The smallest absolute Gasteiger partial charge is 0.344 e. The van der Waals surface area contributed by atoms with Gasteiger partial charge in [-0.2, -0.15) is 0 Å². The van der Waals surface area contributed by atoms with Gasteiger partial charge in [0.15, 0.2) is 11.5 Å². The van der Waals surface area contributed by atoms with E-state index in [4.69, 9.17) is 15.2 Å². The van der Waals surface area contributed by atoms with E-state index in [1.807, 2.05) is 18.2 Å². The molecule has 2 aromatic rings. The Morgan fingerprint density at radius 1 is 1.16 bits per heavy atom. The highest BCUT2D eigenvalue weighted by atomic mass is 32.2. The van der Waals surface area contributed by atoms with E-state index in [-0.39, 0.29) is 23.7 Å². The lowest BCUT2D eigenvalue weighted by Crippen LogP contribution is -2.12. The van der Waals surface area contributed by atoms with E-state index in [9.17, 15) is 15.0 Å². The van der Waals surface area contributed by atoms with Gasteiger partial charge in [0.2, 0.25) is 0 Å². The number of hydrogen-bond acceptors (Lipinski definition) is 8. The topological polar surface area (TPSA) is 114 Å². The highest BCUT2D eigenvalue weighted by molar-refractivity contribution is 8.18. The predicted octanol–water partition coefficient (Wildman–Crippen LogP) is 4.70.